The summed E-state index contributed by atoms with van der Waals surface area (Å²) >= 11 is 0. The molecule has 7 nitrogen and oxygen atoms in total. The van der Waals surface area contributed by atoms with Gasteiger partial charge in [-0.2, -0.15) is 0 Å². The van der Waals surface area contributed by atoms with E-state index < -0.39 is 12.3 Å². The van der Waals surface area contributed by atoms with Gasteiger partial charge in [-0.15, -0.1) is 0 Å². The fourth-order valence-electron chi connectivity index (χ4n) is 2.07. The van der Waals surface area contributed by atoms with Gasteiger partial charge in [-0.05, 0) is 49.2 Å². The molecule has 138 valence electrons. The van der Waals surface area contributed by atoms with Crippen molar-refractivity contribution < 1.29 is 28.9 Å². The average molecular weight is 359 g/mol. The lowest BCUT2D eigenvalue weighted by Gasteiger charge is -2.14. The number of carboxylic acid groups (broad SMARTS) is 1. The van der Waals surface area contributed by atoms with Crippen LogP contribution in [0.1, 0.15) is 29.9 Å². The molecule has 0 amide bonds. The van der Waals surface area contributed by atoms with Crippen LogP contribution in [0.3, 0.4) is 0 Å². The first-order valence-corrected chi connectivity index (χ1v) is 8.25. The molecule has 1 heterocycles. The molecule has 0 spiro atoms. The Morgan fingerprint density at radius 1 is 1.08 bits per heavy atom. The number of rotatable bonds is 10. The zero-order chi connectivity index (χ0) is 18.9. The number of hydrogen-bond acceptors (Lipinski definition) is 6. The monoisotopic (exact) mass is 359 g/mol. The number of Topliss-reactive ketones (excluding diaryl/α,β-unsaturated/α-hetero) is 1. The van der Waals surface area contributed by atoms with E-state index in [0.717, 1.165) is 12.0 Å². The first kappa shape index (κ1) is 19.4. The molecule has 0 radical (unpaired) electrons. The van der Waals surface area contributed by atoms with Gasteiger partial charge < -0.3 is 19.3 Å². The van der Waals surface area contributed by atoms with Gasteiger partial charge >= 0.3 is 5.97 Å². The molecular formula is C19H21NO6. The Morgan fingerprint density at radius 2 is 1.77 bits per heavy atom. The van der Waals surface area contributed by atoms with Crippen LogP contribution in [-0.4, -0.2) is 41.3 Å². The maximum atomic E-state index is 12.1. The molecule has 1 N–H and O–H groups in total. The third-order valence-corrected chi connectivity index (χ3v) is 3.48. The molecule has 2 rings (SSSR count). The molecule has 26 heavy (non-hydrogen) atoms. The van der Waals surface area contributed by atoms with Crippen molar-refractivity contribution in [3.63, 3.8) is 0 Å². The predicted octanol–water partition coefficient (Wildman–Crippen LogP) is 2.73. The van der Waals surface area contributed by atoms with Crippen LogP contribution in [0.2, 0.25) is 0 Å². The van der Waals surface area contributed by atoms with Gasteiger partial charge in [0.15, 0.2) is 6.61 Å². The van der Waals surface area contributed by atoms with E-state index in [2.05, 4.69) is 4.98 Å². The average Bonchev–Trinajstić information content (AvgIpc) is 2.66. The summed E-state index contributed by atoms with van der Waals surface area (Å²) in [7, 11) is 0. The van der Waals surface area contributed by atoms with Crippen molar-refractivity contribution in [2.45, 2.75) is 26.6 Å². The fraction of sp³-hybridized carbons (Fsp3) is 0.316. The van der Waals surface area contributed by atoms with Gasteiger partial charge in [0.25, 0.3) is 6.29 Å². The third-order valence-electron chi connectivity index (χ3n) is 3.48. The summed E-state index contributed by atoms with van der Waals surface area (Å²) in [6.45, 7) is 3.77. The van der Waals surface area contributed by atoms with Gasteiger partial charge in [0.1, 0.15) is 17.2 Å². The highest BCUT2D eigenvalue weighted by Crippen LogP contribution is 2.19. The summed E-state index contributed by atoms with van der Waals surface area (Å²) in [5, 5.41) is 8.99. The first-order chi connectivity index (χ1) is 12.5. The fourth-order valence-corrected chi connectivity index (χ4v) is 2.07. The maximum Gasteiger partial charge on any atom is 0.373 e. The molecular weight excluding hydrogens is 338 g/mol. The smallest absolute Gasteiger partial charge is 0.373 e. The number of carboxylic acids is 1. The highest BCUT2D eigenvalue weighted by molar-refractivity contribution is 5.95. The number of carbonyl (C=O) groups is 2. The number of hydrogen-bond donors (Lipinski definition) is 1. The highest BCUT2D eigenvalue weighted by atomic mass is 16.7. The third kappa shape index (κ3) is 5.56. The molecule has 0 unspecified atom stereocenters. The molecule has 0 aliphatic rings. The zero-order valence-corrected chi connectivity index (χ0v) is 14.7. The van der Waals surface area contributed by atoms with Crippen LogP contribution in [0.5, 0.6) is 11.5 Å². The van der Waals surface area contributed by atoms with Crippen LogP contribution in [-0.2, 0) is 16.0 Å². The molecule has 0 fully saturated rings. The van der Waals surface area contributed by atoms with Crippen molar-refractivity contribution in [1.29, 1.82) is 0 Å². The summed E-state index contributed by atoms with van der Waals surface area (Å²) in [6, 6.07) is 9.80. The van der Waals surface area contributed by atoms with E-state index in [0.29, 0.717) is 17.2 Å². The van der Waals surface area contributed by atoms with Gasteiger partial charge in [-0.1, -0.05) is 13.0 Å². The van der Waals surface area contributed by atoms with Gasteiger partial charge in [0.05, 0.1) is 0 Å². The molecule has 7 heteroatoms. The summed E-state index contributed by atoms with van der Waals surface area (Å²) in [4.78, 5) is 27.2. The van der Waals surface area contributed by atoms with E-state index in [-0.39, 0.29) is 19.0 Å². The highest BCUT2D eigenvalue weighted by Gasteiger charge is 2.19. The van der Waals surface area contributed by atoms with E-state index in [1.165, 1.54) is 0 Å². The van der Waals surface area contributed by atoms with Crippen molar-refractivity contribution in [2.24, 2.45) is 0 Å². The van der Waals surface area contributed by atoms with Crippen LogP contribution in [0, 0.1) is 0 Å². The lowest BCUT2D eigenvalue weighted by atomic mass is 10.2. The Morgan fingerprint density at radius 3 is 2.31 bits per heavy atom. The Kier molecular flexibility index (Phi) is 7.11. The topological polar surface area (TPSA) is 95.0 Å². The van der Waals surface area contributed by atoms with Crippen molar-refractivity contribution in [3.05, 3.63) is 53.9 Å². The van der Waals surface area contributed by atoms with Crippen LogP contribution in [0.15, 0.2) is 42.6 Å². The minimum atomic E-state index is -1.37. The predicted molar refractivity (Wildman–Crippen MR) is 93.6 cm³/mol. The standard InChI is InChI=1S/C19H21NO6/c1-3-13-5-10-16(20-11-13)17(21)12-25-14-6-8-15(9-7-14)26-19(18(22)23)24-4-2/h5-11,19H,3-4,12H2,1-2H3,(H,22,23)/t19-/m0/s1. The molecule has 0 aliphatic heterocycles. The Bertz CT molecular complexity index is 727. The van der Waals surface area contributed by atoms with Gasteiger partial charge in [-0.25, -0.2) is 4.79 Å². The van der Waals surface area contributed by atoms with Crippen molar-refractivity contribution in [3.8, 4) is 11.5 Å². The van der Waals surface area contributed by atoms with E-state index in [1.54, 1.807) is 43.5 Å². The summed E-state index contributed by atoms with van der Waals surface area (Å²) in [5.74, 6) is -0.657. The number of aromatic nitrogens is 1. The van der Waals surface area contributed by atoms with Crippen molar-refractivity contribution >= 4 is 11.8 Å². The van der Waals surface area contributed by atoms with Gasteiger partial charge in [0.2, 0.25) is 5.78 Å². The Balaban J connectivity index is 1.90. The largest absolute Gasteiger partial charge is 0.485 e. The second kappa shape index (κ2) is 9.53. The quantitative estimate of drug-likeness (QED) is 0.515. The number of aliphatic carboxylic acids is 1. The maximum absolute atomic E-state index is 12.1. The SMILES string of the molecule is CCO[C@@H](Oc1ccc(OCC(=O)c2ccc(CC)cn2)cc1)C(=O)O. The van der Waals surface area contributed by atoms with E-state index in [1.807, 2.05) is 13.0 Å². The molecule has 0 bridgehead atoms. The second-order valence-corrected chi connectivity index (χ2v) is 5.33. The number of ketones is 1. The first-order valence-electron chi connectivity index (χ1n) is 8.25. The normalized spacial score (nSPS) is 11.6. The van der Waals surface area contributed by atoms with E-state index in [4.69, 9.17) is 19.3 Å². The molecule has 0 aliphatic carbocycles. The van der Waals surface area contributed by atoms with E-state index >= 15 is 0 Å². The second-order valence-electron chi connectivity index (χ2n) is 5.33. The van der Waals surface area contributed by atoms with Crippen LogP contribution < -0.4 is 9.47 Å². The lowest BCUT2D eigenvalue weighted by Crippen LogP contribution is -2.30. The van der Waals surface area contributed by atoms with Crippen molar-refractivity contribution in [1.82, 2.24) is 4.98 Å². The van der Waals surface area contributed by atoms with Gasteiger partial charge in [-0.3, -0.25) is 9.78 Å². The Hall–Kier alpha value is -2.93. The number of nitrogens with zero attached hydrogens (tertiary/aromatic N) is 1. The molecule has 0 saturated heterocycles. The minimum Gasteiger partial charge on any atom is -0.485 e. The van der Waals surface area contributed by atoms with Crippen molar-refractivity contribution in [2.75, 3.05) is 13.2 Å². The molecule has 0 saturated carbocycles. The summed E-state index contributed by atoms with van der Waals surface area (Å²) < 4.78 is 15.7. The van der Waals surface area contributed by atoms with Crippen LogP contribution in [0.25, 0.3) is 0 Å². The molecule has 1 atom stereocenters. The summed E-state index contributed by atoms with van der Waals surface area (Å²) in [5.41, 5.74) is 1.41. The Labute approximate surface area is 151 Å². The van der Waals surface area contributed by atoms with Crippen LogP contribution in [0.4, 0.5) is 0 Å². The molecule has 1 aromatic carbocycles. The number of pyridine rings is 1. The summed E-state index contributed by atoms with van der Waals surface area (Å²) in [6.07, 6.45) is 1.17. The number of benzene rings is 1. The minimum absolute atomic E-state index is 0.143. The molecule has 2 aromatic rings. The van der Waals surface area contributed by atoms with Crippen LogP contribution >= 0.6 is 0 Å². The van der Waals surface area contributed by atoms with Gasteiger partial charge in [0, 0.05) is 12.8 Å². The number of ether oxygens (including phenoxy) is 3. The zero-order valence-electron chi connectivity index (χ0n) is 14.7. The molecule has 1 aromatic heterocycles. The lowest BCUT2D eigenvalue weighted by molar-refractivity contribution is -0.170. The number of aryl methyl sites for hydroxylation is 1. The van der Waals surface area contributed by atoms with E-state index in [9.17, 15) is 9.59 Å². The number of carbonyl (C=O) groups excluding carboxylic acids is 1.